The lowest BCUT2D eigenvalue weighted by Crippen LogP contribution is -2.38. The lowest BCUT2D eigenvalue weighted by molar-refractivity contribution is 0.117. The number of benzene rings is 4. The number of nitrogens with two attached hydrogens (primary N) is 2. The lowest BCUT2D eigenvalue weighted by atomic mass is 9.91. The Balaban J connectivity index is 1.69. The molecular weight excluding hydrogens is 721 g/mol. The van der Waals surface area contributed by atoms with E-state index in [-0.39, 0.29) is 26.9 Å². The third-order valence-corrected chi connectivity index (χ3v) is 13.0. The minimum absolute atomic E-state index is 0.00905. The molecule has 0 saturated carbocycles. The predicted octanol–water partition coefficient (Wildman–Crippen LogP) is 4.30. The Kier molecular flexibility index (Phi) is 10.1. The molecule has 0 bridgehead atoms. The number of sulfone groups is 2. The highest BCUT2D eigenvalue weighted by molar-refractivity contribution is 7.94. The SMILES string of the molecule is CCC(C)(N)c1ccc(S(=O)(=O)c2ccc(Oc3ccc(S(=O)(=O)c4ccc(OC(C)(C)N)cc4)cc3)cc2S(=O)(=O)O)c(S(=O)(=O)O)c1. The van der Waals surface area contributed by atoms with Gasteiger partial charge >= 0.3 is 0 Å². The van der Waals surface area contributed by atoms with Crippen LogP contribution >= 0.6 is 0 Å². The fourth-order valence-corrected chi connectivity index (χ4v) is 9.65. The molecule has 0 aliphatic carbocycles. The molecule has 0 radical (unpaired) electrons. The molecule has 264 valence electrons. The lowest BCUT2D eigenvalue weighted by Gasteiger charge is -2.24. The summed E-state index contributed by atoms with van der Waals surface area (Å²) in [6.45, 7) is 6.53. The smallest absolute Gasteiger partial charge is 0.295 e. The Morgan fingerprint density at radius 2 is 1.00 bits per heavy atom. The predicted molar refractivity (Wildman–Crippen MR) is 177 cm³/mol. The number of ether oxygens (including phenoxy) is 2. The summed E-state index contributed by atoms with van der Waals surface area (Å²) >= 11 is 0. The molecule has 0 aromatic heterocycles. The van der Waals surface area contributed by atoms with Crippen molar-refractivity contribution < 1.29 is 52.3 Å². The molecule has 0 spiro atoms. The molecule has 0 saturated heterocycles. The van der Waals surface area contributed by atoms with Gasteiger partial charge in [0.1, 0.15) is 27.0 Å². The molecule has 14 nitrogen and oxygen atoms in total. The van der Waals surface area contributed by atoms with E-state index in [1.165, 1.54) is 54.6 Å². The van der Waals surface area contributed by atoms with E-state index in [2.05, 4.69) is 0 Å². The molecule has 0 aliphatic rings. The van der Waals surface area contributed by atoms with Crippen LogP contribution in [0.3, 0.4) is 0 Å². The molecule has 4 rings (SSSR count). The van der Waals surface area contributed by atoms with Crippen LogP contribution in [-0.4, -0.2) is 48.5 Å². The zero-order chi connectivity index (χ0) is 36.8. The van der Waals surface area contributed by atoms with Crippen molar-refractivity contribution in [2.75, 3.05) is 0 Å². The first kappa shape index (κ1) is 37.9. The van der Waals surface area contributed by atoms with Gasteiger partial charge in [0.2, 0.25) is 19.7 Å². The van der Waals surface area contributed by atoms with E-state index in [9.17, 15) is 42.8 Å². The maximum atomic E-state index is 13.7. The van der Waals surface area contributed by atoms with Gasteiger partial charge in [-0.05, 0) is 106 Å². The Labute approximate surface area is 285 Å². The van der Waals surface area contributed by atoms with Crippen LogP contribution in [0.4, 0.5) is 0 Å². The summed E-state index contributed by atoms with van der Waals surface area (Å²) in [4.78, 5) is -4.33. The normalized spacial score (nSPS) is 14.2. The fourth-order valence-electron chi connectivity index (χ4n) is 4.53. The van der Waals surface area contributed by atoms with Gasteiger partial charge in [-0.25, -0.2) is 16.8 Å². The van der Waals surface area contributed by atoms with Crippen molar-refractivity contribution in [3.63, 3.8) is 0 Å². The first-order valence-corrected chi connectivity index (χ1v) is 20.1. The fraction of sp³-hybridized carbons (Fsp3) is 0.226. The van der Waals surface area contributed by atoms with E-state index in [1.54, 1.807) is 27.7 Å². The highest BCUT2D eigenvalue weighted by atomic mass is 32.2. The third-order valence-electron chi connectivity index (χ3n) is 7.27. The average Bonchev–Trinajstić information content (AvgIpc) is 2.99. The number of rotatable bonds is 12. The van der Waals surface area contributed by atoms with Crippen LogP contribution in [0.1, 0.15) is 39.7 Å². The molecule has 1 unspecified atom stereocenters. The van der Waals surface area contributed by atoms with Crippen molar-refractivity contribution >= 4 is 39.9 Å². The molecule has 0 fully saturated rings. The zero-order valence-electron chi connectivity index (χ0n) is 26.6. The van der Waals surface area contributed by atoms with E-state index in [0.29, 0.717) is 18.2 Å². The van der Waals surface area contributed by atoms with E-state index in [4.69, 9.17) is 20.9 Å². The molecular formula is C31H34N2O12S4. The van der Waals surface area contributed by atoms with Crippen LogP contribution in [-0.2, 0) is 45.4 Å². The van der Waals surface area contributed by atoms with Crippen molar-refractivity contribution in [2.45, 2.75) is 74.8 Å². The molecule has 4 aromatic carbocycles. The highest BCUT2D eigenvalue weighted by Crippen LogP contribution is 2.36. The van der Waals surface area contributed by atoms with Crippen LogP contribution in [0.25, 0.3) is 0 Å². The first-order chi connectivity index (χ1) is 22.4. The maximum Gasteiger partial charge on any atom is 0.295 e. The number of hydrogen-bond donors (Lipinski definition) is 4. The van der Waals surface area contributed by atoms with Crippen molar-refractivity contribution in [3.8, 4) is 17.2 Å². The summed E-state index contributed by atoms with van der Waals surface area (Å²) in [6.07, 6.45) is 0.314. The van der Waals surface area contributed by atoms with Crippen molar-refractivity contribution in [3.05, 3.63) is 90.5 Å². The highest BCUT2D eigenvalue weighted by Gasteiger charge is 2.34. The molecule has 4 aromatic rings. The van der Waals surface area contributed by atoms with Crippen molar-refractivity contribution in [2.24, 2.45) is 11.5 Å². The topological polar surface area (TPSA) is 248 Å². The van der Waals surface area contributed by atoms with Gasteiger partial charge in [0, 0.05) is 11.6 Å². The summed E-state index contributed by atoms with van der Waals surface area (Å²) in [5.41, 5.74) is 10.1. The van der Waals surface area contributed by atoms with Gasteiger partial charge in [0.25, 0.3) is 20.2 Å². The monoisotopic (exact) mass is 754 g/mol. The van der Waals surface area contributed by atoms with Gasteiger partial charge in [-0.3, -0.25) is 14.8 Å². The quantitative estimate of drug-likeness (QED) is 0.116. The molecule has 0 amide bonds. The maximum absolute atomic E-state index is 13.7. The third kappa shape index (κ3) is 8.47. The molecule has 0 aliphatic heterocycles. The van der Waals surface area contributed by atoms with E-state index < -0.39 is 70.8 Å². The Morgan fingerprint density at radius 3 is 1.45 bits per heavy atom. The molecule has 6 N–H and O–H groups in total. The van der Waals surface area contributed by atoms with Crippen molar-refractivity contribution in [1.29, 1.82) is 0 Å². The van der Waals surface area contributed by atoms with Gasteiger partial charge in [-0.15, -0.1) is 0 Å². The van der Waals surface area contributed by atoms with Crippen LogP contribution < -0.4 is 20.9 Å². The zero-order valence-corrected chi connectivity index (χ0v) is 29.8. The minimum atomic E-state index is -5.28. The molecule has 0 heterocycles. The first-order valence-electron chi connectivity index (χ1n) is 14.2. The average molecular weight is 755 g/mol. The summed E-state index contributed by atoms with van der Waals surface area (Å²) in [5, 5.41) is 0. The van der Waals surface area contributed by atoms with E-state index >= 15 is 0 Å². The second kappa shape index (κ2) is 13.1. The summed E-state index contributed by atoms with van der Waals surface area (Å²) < 4.78 is 134. The largest absolute Gasteiger partial charge is 0.474 e. The van der Waals surface area contributed by atoms with Crippen LogP contribution in [0.15, 0.2) is 114 Å². The van der Waals surface area contributed by atoms with Gasteiger partial charge in [0.05, 0.1) is 19.6 Å². The second-order valence-corrected chi connectivity index (χ2v) is 18.4. The summed E-state index contributed by atoms with van der Waals surface area (Å²) in [6, 6.07) is 16.1. The van der Waals surface area contributed by atoms with Crippen molar-refractivity contribution in [1.82, 2.24) is 0 Å². The van der Waals surface area contributed by atoms with Crippen LogP contribution in [0, 0.1) is 0 Å². The summed E-state index contributed by atoms with van der Waals surface area (Å²) in [7, 11) is -19.5. The molecule has 49 heavy (non-hydrogen) atoms. The number of hydrogen-bond acceptors (Lipinski definition) is 12. The second-order valence-electron chi connectivity index (χ2n) is 11.7. The molecule has 18 heteroatoms. The van der Waals surface area contributed by atoms with Gasteiger partial charge in [0.15, 0.2) is 5.72 Å². The van der Waals surface area contributed by atoms with Gasteiger partial charge in [-0.1, -0.05) is 13.0 Å². The Bertz CT molecular complexity index is 2330. The standard InChI is InChI=1S/C31H34N2O12S4/c1-5-31(4,33)20-6-16-26(28(18-20)48(38,39)40)47(36,37)27-17-11-23(19-29(27)49(41,42)43)44-21-7-12-24(13-8-21)46(34,35)25-14-9-22(10-15-25)45-30(2,3)32/h6-19H,5,32-33H2,1-4H3,(H,38,39,40)(H,41,42,43). The van der Waals surface area contributed by atoms with Gasteiger partial charge < -0.3 is 15.2 Å². The molecule has 1 atom stereocenters. The minimum Gasteiger partial charge on any atom is -0.474 e. The van der Waals surface area contributed by atoms with E-state index in [1.807, 2.05) is 0 Å². The Morgan fingerprint density at radius 1 is 0.571 bits per heavy atom. The van der Waals surface area contributed by atoms with E-state index in [0.717, 1.165) is 24.3 Å². The Hall–Kier alpha value is -3.88. The summed E-state index contributed by atoms with van der Waals surface area (Å²) in [5.74, 6) is 0.0868. The van der Waals surface area contributed by atoms with Gasteiger partial charge in [-0.2, -0.15) is 16.8 Å². The van der Waals surface area contributed by atoms with Crippen LogP contribution in [0.5, 0.6) is 17.2 Å². The van der Waals surface area contributed by atoms with Crippen LogP contribution in [0.2, 0.25) is 0 Å².